The van der Waals surface area contributed by atoms with Crippen molar-refractivity contribution in [2.24, 2.45) is 0 Å². The van der Waals surface area contributed by atoms with E-state index >= 15 is 0 Å². The number of alkyl halides is 3. The number of carbonyl (C=O) groups excluding carboxylic acids is 1. The maximum atomic E-state index is 13.0. The van der Waals surface area contributed by atoms with Gasteiger partial charge in [0.15, 0.2) is 5.75 Å². The summed E-state index contributed by atoms with van der Waals surface area (Å²) >= 11 is 0. The monoisotopic (exact) mass is 496 g/mol. The Bertz CT molecular complexity index is 1490. The molecule has 0 saturated carbocycles. The smallest absolute Gasteiger partial charge is 0.416 e. The second-order valence-corrected chi connectivity index (χ2v) is 7.86. The second kappa shape index (κ2) is 9.53. The number of aromatic nitrogens is 1. The molecular weight excluding hydrogens is 477 g/mol. The molecule has 1 amide bonds. The highest BCUT2D eigenvalue weighted by atomic mass is 19.4. The third-order valence-corrected chi connectivity index (χ3v) is 5.37. The number of rotatable bonds is 6. The molecule has 0 aliphatic heterocycles. The summed E-state index contributed by atoms with van der Waals surface area (Å²) in [7, 11) is 1.30. The number of nitrogens with zero attached hydrogens (tertiary/aromatic N) is 2. The Morgan fingerprint density at radius 2 is 1.81 bits per heavy atom. The summed E-state index contributed by atoms with van der Waals surface area (Å²) in [6.45, 7) is 1.81. The first-order valence-corrected chi connectivity index (χ1v) is 10.5. The van der Waals surface area contributed by atoms with Crippen molar-refractivity contribution < 1.29 is 27.6 Å². The highest BCUT2D eigenvalue weighted by molar-refractivity contribution is 6.05. The number of carbonyl (C=O) groups is 1. The van der Waals surface area contributed by atoms with Gasteiger partial charge in [0, 0.05) is 28.4 Å². The van der Waals surface area contributed by atoms with Crippen LogP contribution in [0.3, 0.4) is 0 Å². The number of methoxy groups -OCH3 is 1. The van der Waals surface area contributed by atoms with Gasteiger partial charge in [-0.05, 0) is 67.1 Å². The first kappa shape index (κ1) is 24.5. The maximum Gasteiger partial charge on any atom is 0.416 e. The average Bonchev–Trinajstić information content (AvgIpc) is 2.83. The minimum Gasteiger partial charge on any atom is -0.490 e. The quantitative estimate of drug-likeness (QED) is 0.234. The molecule has 0 radical (unpaired) electrons. The van der Waals surface area contributed by atoms with E-state index in [1.807, 2.05) is 0 Å². The number of amides is 1. The molecule has 4 aromatic rings. The van der Waals surface area contributed by atoms with Crippen LogP contribution in [0.5, 0.6) is 5.75 Å². The zero-order valence-corrected chi connectivity index (χ0v) is 19.0. The number of hydrogen-bond donors (Lipinski definition) is 2. The molecule has 1 aromatic heterocycles. The molecule has 0 aliphatic rings. The minimum absolute atomic E-state index is 0.0403. The van der Waals surface area contributed by atoms with Crippen molar-refractivity contribution >= 4 is 39.7 Å². The van der Waals surface area contributed by atoms with Gasteiger partial charge >= 0.3 is 11.9 Å². The fourth-order valence-corrected chi connectivity index (χ4v) is 3.63. The number of hydrogen-bond acceptors (Lipinski definition) is 6. The summed E-state index contributed by atoms with van der Waals surface area (Å²) in [4.78, 5) is 27.7. The van der Waals surface area contributed by atoms with Crippen LogP contribution in [0.25, 0.3) is 10.9 Å². The highest BCUT2D eigenvalue weighted by Crippen LogP contribution is 2.32. The summed E-state index contributed by atoms with van der Waals surface area (Å²) in [6, 6.07) is 15.4. The van der Waals surface area contributed by atoms with Gasteiger partial charge in [-0.1, -0.05) is 6.07 Å². The zero-order valence-electron chi connectivity index (χ0n) is 19.0. The van der Waals surface area contributed by atoms with Gasteiger partial charge in [0.05, 0.1) is 23.1 Å². The Morgan fingerprint density at radius 1 is 1.03 bits per heavy atom. The molecule has 1 heterocycles. The molecule has 36 heavy (non-hydrogen) atoms. The maximum absolute atomic E-state index is 13.0. The molecule has 11 heteroatoms. The summed E-state index contributed by atoms with van der Waals surface area (Å²) in [6.07, 6.45) is -4.46. The van der Waals surface area contributed by atoms with E-state index in [1.54, 1.807) is 31.2 Å². The lowest BCUT2D eigenvalue weighted by atomic mass is 10.1. The summed E-state index contributed by atoms with van der Waals surface area (Å²) in [5.41, 5.74) is 0.992. The molecule has 0 aliphatic carbocycles. The number of halogens is 3. The third kappa shape index (κ3) is 5.19. The minimum atomic E-state index is -4.46. The third-order valence-electron chi connectivity index (χ3n) is 5.37. The molecule has 0 fully saturated rings. The predicted octanol–water partition coefficient (Wildman–Crippen LogP) is 6.47. The number of nitro benzene ring substituents is 1. The highest BCUT2D eigenvalue weighted by Gasteiger charge is 2.30. The van der Waals surface area contributed by atoms with E-state index in [9.17, 15) is 28.1 Å². The molecule has 0 atom stereocenters. The topological polar surface area (TPSA) is 106 Å². The van der Waals surface area contributed by atoms with Crippen LogP contribution in [0.4, 0.5) is 36.1 Å². The van der Waals surface area contributed by atoms with Crippen LogP contribution in [0.15, 0.2) is 66.7 Å². The van der Waals surface area contributed by atoms with Gasteiger partial charge in [-0.2, -0.15) is 13.2 Å². The molecule has 0 saturated heterocycles. The number of nitro groups is 1. The van der Waals surface area contributed by atoms with Crippen molar-refractivity contribution in [1.82, 2.24) is 4.98 Å². The van der Waals surface area contributed by atoms with Crippen LogP contribution < -0.4 is 15.4 Å². The van der Waals surface area contributed by atoms with Crippen molar-refractivity contribution in [3.8, 4) is 5.75 Å². The largest absolute Gasteiger partial charge is 0.490 e. The molecular formula is C25H19F3N4O4. The Balaban J connectivity index is 1.57. The second-order valence-electron chi connectivity index (χ2n) is 7.86. The first-order valence-electron chi connectivity index (χ1n) is 10.5. The van der Waals surface area contributed by atoms with E-state index in [1.165, 1.54) is 31.4 Å². The number of aryl methyl sites for hydroxylation is 1. The molecule has 4 rings (SSSR count). The summed E-state index contributed by atoms with van der Waals surface area (Å²) in [5, 5.41) is 17.5. The average molecular weight is 496 g/mol. The van der Waals surface area contributed by atoms with E-state index in [4.69, 9.17) is 4.74 Å². The Kier molecular flexibility index (Phi) is 6.47. The SMILES string of the molecule is COc1ccc(C(=O)Nc2ccc3nc(Nc4cccc(C(F)(F)F)c4)cc(C)c3c2)cc1[N+](=O)[O-]. The van der Waals surface area contributed by atoms with Gasteiger partial charge < -0.3 is 15.4 Å². The van der Waals surface area contributed by atoms with Crippen molar-refractivity contribution in [3.05, 3.63) is 93.5 Å². The van der Waals surface area contributed by atoms with E-state index in [0.717, 1.165) is 23.8 Å². The number of benzene rings is 3. The van der Waals surface area contributed by atoms with Crippen LogP contribution in [0.2, 0.25) is 0 Å². The van der Waals surface area contributed by atoms with Crippen LogP contribution in [-0.4, -0.2) is 22.9 Å². The Labute approximate surface area is 202 Å². The van der Waals surface area contributed by atoms with Crippen molar-refractivity contribution in [2.45, 2.75) is 13.1 Å². The lowest BCUT2D eigenvalue weighted by Crippen LogP contribution is -2.12. The van der Waals surface area contributed by atoms with Crippen LogP contribution in [0.1, 0.15) is 21.5 Å². The molecule has 2 N–H and O–H groups in total. The fourth-order valence-electron chi connectivity index (χ4n) is 3.63. The lowest BCUT2D eigenvalue weighted by molar-refractivity contribution is -0.385. The Hall–Kier alpha value is -4.67. The fraction of sp³-hybridized carbons (Fsp3) is 0.120. The van der Waals surface area contributed by atoms with E-state index < -0.39 is 22.6 Å². The van der Waals surface area contributed by atoms with E-state index in [-0.39, 0.29) is 22.7 Å². The van der Waals surface area contributed by atoms with Gasteiger partial charge in [0.2, 0.25) is 0 Å². The number of ether oxygens (including phenoxy) is 1. The first-order chi connectivity index (χ1) is 17.0. The van der Waals surface area contributed by atoms with Gasteiger partial charge in [0.1, 0.15) is 5.82 Å². The lowest BCUT2D eigenvalue weighted by Gasteiger charge is -2.13. The summed E-state index contributed by atoms with van der Waals surface area (Å²) in [5.74, 6) is -0.145. The van der Waals surface area contributed by atoms with Gasteiger partial charge in [0.25, 0.3) is 5.91 Å². The number of fused-ring (bicyclic) bond motifs is 1. The van der Waals surface area contributed by atoms with Gasteiger partial charge in [-0.3, -0.25) is 14.9 Å². The van der Waals surface area contributed by atoms with Crippen LogP contribution in [-0.2, 0) is 6.18 Å². The zero-order chi connectivity index (χ0) is 26.0. The molecule has 8 nitrogen and oxygen atoms in total. The van der Waals surface area contributed by atoms with Gasteiger partial charge in [-0.25, -0.2) is 4.98 Å². The van der Waals surface area contributed by atoms with Crippen molar-refractivity contribution in [2.75, 3.05) is 17.7 Å². The van der Waals surface area contributed by atoms with Crippen LogP contribution in [0, 0.1) is 17.0 Å². The van der Waals surface area contributed by atoms with E-state index in [0.29, 0.717) is 22.4 Å². The van der Waals surface area contributed by atoms with Crippen molar-refractivity contribution in [1.29, 1.82) is 0 Å². The van der Waals surface area contributed by atoms with Gasteiger partial charge in [-0.15, -0.1) is 0 Å². The summed E-state index contributed by atoms with van der Waals surface area (Å²) < 4.78 is 43.9. The standard InChI is InChI=1S/C25H19F3N4O4/c1-14-10-23(29-17-5-3-4-16(12-17)25(26,27)28)31-20-8-7-18(13-19(14)20)30-24(33)15-6-9-22(36-2)21(11-15)32(34)35/h3-13H,1-2H3,(H,29,31)(H,30,33). The van der Waals surface area contributed by atoms with Crippen molar-refractivity contribution in [3.63, 3.8) is 0 Å². The number of pyridine rings is 1. The molecule has 0 unspecified atom stereocenters. The molecule has 0 bridgehead atoms. The molecule has 0 spiro atoms. The van der Waals surface area contributed by atoms with E-state index in [2.05, 4.69) is 15.6 Å². The van der Waals surface area contributed by atoms with Crippen LogP contribution >= 0.6 is 0 Å². The number of nitrogens with one attached hydrogen (secondary N) is 2. The molecule has 184 valence electrons. The Morgan fingerprint density at radius 3 is 2.50 bits per heavy atom. The predicted molar refractivity (Wildman–Crippen MR) is 129 cm³/mol. The number of anilines is 3. The molecule has 3 aromatic carbocycles. The normalized spacial score (nSPS) is 11.2.